The molecular weight excluding hydrogens is 276 g/mol. The van der Waals surface area contributed by atoms with Crippen molar-refractivity contribution in [2.75, 3.05) is 0 Å². The van der Waals surface area contributed by atoms with Gasteiger partial charge in [0, 0.05) is 26.2 Å². The van der Waals surface area contributed by atoms with Crippen molar-refractivity contribution in [3.63, 3.8) is 0 Å². The summed E-state index contributed by atoms with van der Waals surface area (Å²) in [5, 5.41) is 6.57. The summed E-state index contributed by atoms with van der Waals surface area (Å²) in [6.45, 7) is 2.27. The maximum Gasteiger partial charge on any atom is 0.0365 e. The summed E-state index contributed by atoms with van der Waals surface area (Å²) in [6.07, 6.45) is 3.51. The van der Waals surface area contributed by atoms with Crippen molar-refractivity contribution >= 4 is 40.0 Å². The molecule has 0 N–H and O–H groups in total. The van der Waals surface area contributed by atoms with Gasteiger partial charge in [-0.1, -0.05) is 25.1 Å². The van der Waals surface area contributed by atoms with Gasteiger partial charge in [-0.15, -0.1) is 34.4 Å². The van der Waals surface area contributed by atoms with Crippen LogP contribution in [0, 0.1) is 5.92 Å². The molecule has 1 aliphatic heterocycles. The number of thioether (sulfide) groups is 1. The van der Waals surface area contributed by atoms with Crippen molar-refractivity contribution in [2.45, 2.75) is 13.3 Å². The highest BCUT2D eigenvalue weighted by Gasteiger charge is 2.22. The van der Waals surface area contributed by atoms with Crippen LogP contribution in [0.4, 0.5) is 0 Å². The predicted octanol–water partition coefficient (Wildman–Crippen LogP) is 5.86. The molecule has 0 nitrogen and oxygen atoms in total. The van der Waals surface area contributed by atoms with Crippen LogP contribution in [-0.2, 0) is 0 Å². The highest BCUT2D eigenvalue weighted by atomic mass is 32.2. The smallest absolute Gasteiger partial charge is 0.0365 e. The molecule has 1 aliphatic rings. The number of thiophene rings is 2. The van der Waals surface area contributed by atoms with E-state index in [9.17, 15) is 0 Å². The summed E-state index contributed by atoms with van der Waals surface area (Å²) < 4.78 is 0. The summed E-state index contributed by atoms with van der Waals surface area (Å²) in [5.74, 6) is 0.592. The molecule has 1 unspecified atom stereocenters. The van der Waals surface area contributed by atoms with Crippen LogP contribution in [0.2, 0.25) is 0 Å². The van der Waals surface area contributed by atoms with E-state index in [2.05, 4.69) is 53.4 Å². The second kappa shape index (κ2) is 5.47. The van der Waals surface area contributed by atoms with Gasteiger partial charge in [0.05, 0.1) is 0 Å². The van der Waals surface area contributed by atoms with Crippen molar-refractivity contribution in [1.82, 2.24) is 0 Å². The van der Waals surface area contributed by atoms with E-state index in [4.69, 9.17) is 0 Å². The minimum Gasteiger partial charge on any atom is -0.144 e. The van der Waals surface area contributed by atoms with E-state index < -0.39 is 0 Å². The van der Waals surface area contributed by atoms with Gasteiger partial charge in [-0.25, -0.2) is 0 Å². The first kappa shape index (κ1) is 12.3. The standard InChI is InChI=1S/C15H14S3/c1-2-11-7-10-18-15(11)14(12-5-3-8-16-12)13-6-4-9-17-13/h3-11H,2H2,1H3. The molecule has 0 fully saturated rings. The van der Waals surface area contributed by atoms with Gasteiger partial charge in [0.25, 0.3) is 0 Å². The van der Waals surface area contributed by atoms with Gasteiger partial charge in [0.15, 0.2) is 0 Å². The van der Waals surface area contributed by atoms with Gasteiger partial charge in [0.1, 0.15) is 0 Å². The Morgan fingerprint density at radius 3 is 2.28 bits per heavy atom. The largest absolute Gasteiger partial charge is 0.144 e. The summed E-state index contributed by atoms with van der Waals surface area (Å²) in [4.78, 5) is 4.30. The third-order valence-electron chi connectivity index (χ3n) is 3.06. The van der Waals surface area contributed by atoms with Crippen LogP contribution in [0.1, 0.15) is 23.1 Å². The van der Waals surface area contributed by atoms with Gasteiger partial charge in [-0.3, -0.25) is 0 Å². The number of hydrogen-bond acceptors (Lipinski definition) is 3. The van der Waals surface area contributed by atoms with Gasteiger partial charge < -0.3 is 0 Å². The Morgan fingerprint density at radius 1 is 1.11 bits per heavy atom. The van der Waals surface area contributed by atoms with Crippen molar-refractivity contribution in [3.8, 4) is 0 Å². The molecule has 2 aromatic rings. The van der Waals surface area contributed by atoms with Crippen molar-refractivity contribution in [2.24, 2.45) is 5.92 Å². The lowest BCUT2D eigenvalue weighted by atomic mass is 10.0. The fourth-order valence-electron chi connectivity index (χ4n) is 2.15. The molecule has 1 atom stereocenters. The van der Waals surface area contributed by atoms with Gasteiger partial charge in [-0.2, -0.15) is 0 Å². The molecule has 0 saturated heterocycles. The summed E-state index contributed by atoms with van der Waals surface area (Å²) >= 11 is 5.56. The molecular formula is C15H14S3. The predicted molar refractivity (Wildman–Crippen MR) is 85.2 cm³/mol. The maximum absolute atomic E-state index is 2.33. The topological polar surface area (TPSA) is 0 Å². The lowest BCUT2D eigenvalue weighted by Crippen LogP contribution is -1.96. The average molecular weight is 290 g/mol. The fraction of sp³-hybridized carbons (Fsp3) is 0.200. The quantitative estimate of drug-likeness (QED) is 0.682. The molecule has 3 heterocycles. The summed E-state index contributed by atoms with van der Waals surface area (Å²) in [7, 11) is 0. The zero-order valence-electron chi connectivity index (χ0n) is 10.1. The first-order valence-corrected chi connectivity index (χ1v) is 8.69. The SMILES string of the molecule is CCC1C=CSC1=C(c1cccs1)c1cccs1. The lowest BCUT2D eigenvalue weighted by Gasteiger charge is -2.13. The van der Waals surface area contributed by atoms with E-state index in [1.807, 2.05) is 34.4 Å². The minimum absolute atomic E-state index is 0.592. The molecule has 0 aliphatic carbocycles. The highest BCUT2D eigenvalue weighted by Crippen LogP contribution is 2.45. The van der Waals surface area contributed by atoms with Crippen molar-refractivity contribution in [1.29, 1.82) is 0 Å². The normalized spacial score (nSPS) is 18.5. The highest BCUT2D eigenvalue weighted by molar-refractivity contribution is 8.06. The molecule has 2 aromatic heterocycles. The third kappa shape index (κ3) is 2.22. The molecule has 92 valence electrons. The Kier molecular flexibility index (Phi) is 3.73. The first-order valence-electron chi connectivity index (χ1n) is 6.05. The lowest BCUT2D eigenvalue weighted by molar-refractivity contribution is 0.772. The minimum atomic E-state index is 0.592. The Bertz CT molecular complexity index is 523. The molecule has 0 amide bonds. The van der Waals surface area contributed by atoms with E-state index in [1.165, 1.54) is 26.7 Å². The summed E-state index contributed by atoms with van der Waals surface area (Å²) in [5.41, 5.74) is 1.45. The van der Waals surface area contributed by atoms with Crippen LogP contribution in [-0.4, -0.2) is 0 Å². The Balaban J connectivity index is 2.14. The average Bonchev–Trinajstić information content (AvgIpc) is 3.13. The monoisotopic (exact) mass is 290 g/mol. The Hall–Kier alpha value is -0.770. The van der Waals surface area contributed by atoms with Crippen LogP contribution >= 0.6 is 34.4 Å². The van der Waals surface area contributed by atoms with Crippen LogP contribution in [0.25, 0.3) is 5.57 Å². The molecule has 0 radical (unpaired) electrons. The summed E-state index contributed by atoms with van der Waals surface area (Å²) in [6, 6.07) is 8.75. The zero-order chi connectivity index (χ0) is 12.4. The van der Waals surface area contributed by atoms with Gasteiger partial charge >= 0.3 is 0 Å². The van der Waals surface area contributed by atoms with Crippen LogP contribution in [0.15, 0.2) is 51.4 Å². The molecule has 0 aromatic carbocycles. The second-order valence-electron chi connectivity index (χ2n) is 4.15. The van der Waals surface area contributed by atoms with E-state index in [0.29, 0.717) is 5.92 Å². The van der Waals surface area contributed by atoms with Crippen molar-refractivity contribution < 1.29 is 0 Å². The maximum atomic E-state index is 2.33. The number of allylic oxidation sites excluding steroid dienone is 2. The number of rotatable bonds is 3. The van der Waals surface area contributed by atoms with Crippen LogP contribution < -0.4 is 0 Å². The van der Waals surface area contributed by atoms with Crippen molar-refractivity contribution in [3.05, 3.63) is 61.2 Å². The first-order chi connectivity index (χ1) is 8.90. The zero-order valence-corrected chi connectivity index (χ0v) is 12.6. The fourth-order valence-corrected chi connectivity index (χ4v) is 5.12. The van der Waals surface area contributed by atoms with Gasteiger partial charge in [-0.05, 0) is 34.7 Å². The Morgan fingerprint density at radius 2 is 1.78 bits per heavy atom. The van der Waals surface area contributed by atoms with E-state index in [-0.39, 0.29) is 0 Å². The molecule has 0 saturated carbocycles. The molecule has 0 spiro atoms. The third-order valence-corrected chi connectivity index (χ3v) is 5.89. The Labute approximate surface area is 120 Å². The molecule has 0 bridgehead atoms. The van der Waals surface area contributed by atoms with Crippen LogP contribution in [0.3, 0.4) is 0 Å². The van der Waals surface area contributed by atoms with E-state index in [1.54, 1.807) is 0 Å². The van der Waals surface area contributed by atoms with Crippen LogP contribution in [0.5, 0.6) is 0 Å². The molecule has 18 heavy (non-hydrogen) atoms. The second-order valence-corrected chi connectivity index (χ2v) is 7.00. The molecule has 3 rings (SSSR count). The molecule has 3 heteroatoms. The van der Waals surface area contributed by atoms with Gasteiger partial charge in [0.2, 0.25) is 0 Å². The number of hydrogen-bond donors (Lipinski definition) is 0. The van der Waals surface area contributed by atoms with E-state index in [0.717, 1.165) is 0 Å². The van der Waals surface area contributed by atoms with E-state index >= 15 is 0 Å².